The van der Waals surface area contributed by atoms with Gasteiger partial charge in [0, 0.05) is 0 Å². The molecule has 1 heteroatoms. The normalized spacial score (nSPS) is 34.5. The van der Waals surface area contributed by atoms with E-state index in [1.807, 2.05) is 0 Å². The first-order chi connectivity index (χ1) is 4.81. The van der Waals surface area contributed by atoms with Crippen LogP contribution in [-0.2, 0) is 0 Å². The van der Waals surface area contributed by atoms with Gasteiger partial charge in [-0.05, 0) is 16.7 Å². The Morgan fingerprint density at radius 2 is 1.73 bits per heavy atom. The summed E-state index contributed by atoms with van der Waals surface area (Å²) in [6.45, 7) is 11.0. The summed E-state index contributed by atoms with van der Waals surface area (Å²) in [5.41, 5.74) is 0.552. The van der Waals surface area contributed by atoms with Gasteiger partial charge < -0.3 is 0 Å². The Kier molecular flexibility index (Phi) is 1.56. The highest BCUT2D eigenvalue weighted by Crippen LogP contribution is 2.65. The lowest BCUT2D eigenvalue weighted by Crippen LogP contribution is -2.12. The summed E-state index contributed by atoms with van der Waals surface area (Å²) < 4.78 is 0. The fourth-order valence-corrected chi connectivity index (χ4v) is 2.49. The van der Waals surface area contributed by atoms with Crippen molar-refractivity contribution < 1.29 is 0 Å². The molecule has 1 nitrogen and oxygen atoms in total. The maximum atomic E-state index is 8.83. The molecule has 0 heterocycles. The lowest BCUT2D eigenvalue weighted by molar-refractivity contribution is 0.299. The molecule has 0 aliphatic heterocycles. The molecular weight excluding hydrogens is 134 g/mol. The van der Waals surface area contributed by atoms with Gasteiger partial charge in [-0.2, -0.15) is 5.26 Å². The molecule has 2 atom stereocenters. The fraction of sp³-hybridized carbons (Fsp3) is 0.900. The molecule has 0 bridgehead atoms. The van der Waals surface area contributed by atoms with Crippen LogP contribution in [0, 0.1) is 34.0 Å². The van der Waals surface area contributed by atoms with Gasteiger partial charge in [0.15, 0.2) is 0 Å². The van der Waals surface area contributed by atoms with Crippen molar-refractivity contribution in [3.8, 4) is 6.07 Å². The van der Waals surface area contributed by atoms with E-state index in [0.717, 1.165) is 0 Å². The van der Waals surface area contributed by atoms with E-state index < -0.39 is 0 Å². The lowest BCUT2D eigenvalue weighted by Gasteiger charge is -2.19. The minimum atomic E-state index is 0.257. The summed E-state index contributed by atoms with van der Waals surface area (Å²) in [6.07, 6.45) is 0. The van der Waals surface area contributed by atoms with E-state index in [4.69, 9.17) is 5.26 Å². The fourth-order valence-electron chi connectivity index (χ4n) is 2.49. The number of rotatable bonds is 0. The van der Waals surface area contributed by atoms with E-state index in [9.17, 15) is 0 Å². The zero-order chi connectivity index (χ0) is 8.86. The van der Waals surface area contributed by atoms with Crippen molar-refractivity contribution in [1.82, 2.24) is 0 Å². The monoisotopic (exact) mass is 151 g/mol. The Balaban J connectivity index is 2.77. The smallest absolute Gasteiger partial charge is 0.0664 e. The molecule has 0 amide bonds. The van der Waals surface area contributed by atoms with E-state index in [-0.39, 0.29) is 11.3 Å². The summed E-state index contributed by atoms with van der Waals surface area (Å²) in [6, 6.07) is 2.39. The summed E-state index contributed by atoms with van der Waals surface area (Å²) in [5, 5.41) is 8.83. The third-order valence-electron chi connectivity index (χ3n) is 2.90. The predicted octanol–water partition coefficient (Wildman–Crippen LogP) is 2.83. The first kappa shape index (κ1) is 8.59. The summed E-state index contributed by atoms with van der Waals surface area (Å²) in [4.78, 5) is 0. The average Bonchev–Trinajstić information content (AvgIpc) is 2.31. The van der Waals surface area contributed by atoms with Gasteiger partial charge in [0.2, 0.25) is 0 Å². The van der Waals surface area contributed by atoms with E-state index in [2.05, 4.69) is 40.7 Å². The first-order valence-corrected chi connectivity index (χ1v) is 4.21. The molecule has 11 heavy (non-hydrogen) atoms. The molecule has 0 spiro atoms. The van der Waals surface area contributed by atoms with Crippen molar-refractivity contribution in [1.29, 1.82) is 5.26 Å². The quantitative estimate of drug-likeness (QED) is 0.522. The second kappa shape index (κ2) is 2.00. The van der Waals surface area contributed by atoms with Gasteiger partial charge in [-0.1, -0.05) is 34.6 Å². The Bertz CT molecular complexity index is 202. The maximum Gasteiger partial charge on any atom is 0.0664 e. The van der Waals surface area contributed by atoms with Crippen molar-refractivity contribution in [2.24, 2.45) is 22.7 Å². The van der Waals surface area contributed by atoms with Crippen molar-refractivity contribution in [3.63, 3.8) is 0 Å². The van der Waals surface area contributed by atoms with Gasteiger partial charge in [-0.25, -0.2) is 0 Å². The van der Waals surface area contributed by atoms with E-state index >= 15 is 0 Å². The second-order valence-corrected chi connectivity index (χ2v) is 5.27. The first-order valence-electron chi connectivity index (χ1n) is 4.21. The summed E-state index contributed by atoms with van der Waals surface area (Å²) in [5.74, 6) is 0.863. The molecule has 1 saturated carbocycles. The highest BCUT2D eigenvalue weighted by molar-refractivity contribution is 5.18. The second-order valence-electron chi connectivity index (χ2n) is 5.27. The van der Waals surface area contributed by atoms with Crippen LogP contribution in [0.1, 0.15) is 34.6 Å². The third kappa shape index (κ3) is 1.15. The van der Waals surface area contributed by atoms with Crippen LogP contribution < -0.4 is 0 Å². The van der Waals surface area contributed by atoms with E-state index in [1.54, 1.807) is 0 Å². The Morgan fingerprint density at radius 1 is 1.27 bits per heavy atom. The third-order valence-corrected chi connectivity index (χ3v) is 2.90. The van der Waals surface area contributed by atoms with Gasteiger partial charge in [0.25, 0.3) is 0 Å². The van der Waals surface area contributed by atoms with Gasteiger partial charge in [-0.15, -0.1) is 0 Å². The number of nitriles is 1. The molecule has 1 rings (SSSR count). The van der Waals surface area contributed by atoms with E-state index in [0.29, 0.717) is 11.3 Å². The predicted molar refractivity (Wildman–Crippen MR) is 45.8 cm³/mol. The van der Waals surface area contributed by atoms with Crippen LogP contribution in [0.15, 0.2) is 0 Å². The van der Waals surface area contributed by atoms with Crippen LogP contribution in [0.4, 0.5) is 0 Å². The van der Waals surface area contributed by atoms with Crippen LogP contribution in [0.25, 0.3) is 0 Å². The van der Waals surface area contributed by atoms with Crippen LogP contribution in [-0.4, -0.2) is 0 Å². The topological polar surface area (TPSA) is 23.8 Å². The minimum absolute atomic E-state index is 0.257. The van der Waals surface area contributed by atoms with Crippen LogP contribution >= 0.6 is 0 Å². The Labute approximate surface area is 69.4 Å². The molecular formula is C10H17N. The van der Waals surface area contributed by atoms with Crippen molar-refractivity contribution >= 4 is 0 Å². The van der Waals surface area contributed by atoms with Crippen LogP contribution in [0.3, 0.4) is 0 Å². The molecule has 0 aromatic carbocycles. The van der Waals surface area contributed by atoms with Gasteiger partial charge >= 0.3 is 0 Å². The molecule has 0 aromatic heterocycles. The minimum Gasteiger partial charge on any atom is -0.198 e. The molecule has 0 saturated heterocycles. The molecule has 62 valence electrons. The van der Waals surface area contributed by atoms with Crippen LogP contribution in [0.5, 0.6) is 0 Å². The zero-order valence-corrected chi connectivity index (χ0v) is 8.10. The van der Waals surface area contributed by atoms with Gasteiger partial charge in [0.1, 0.15) is 0 Å². The SMILES string of the molecule is CC(C)(C)C1C(C#N)C1(C)C. The highest BCUT2D eigenvalue weighted by atomic mass is 14.7. The van der Waals surface area contributed by atoms with Gasteiger partial charge in [-0.3, -0.25) is 0 Å². The number of hydrogen-bond donors (Lipinski definition) is 0. The maximum absolute atomic E-state index is 8.83. The van der Waals surface area contributed by atoms with Crippen LogP contribution in [0.2, 0.25) is 0 Å². The molecule has 1 aliphatic carbocycles. The zero-order valence-electron chi connectivity index (χ0n) is 8.10. The molecule has 0 aromatic rings. The number of nitrogens with zero attached hydrogens (tertiary/aromatic N) is 1. The largest absolute Gasteiger partial charge is 0.198 e. The lowest BCUT2D eigenvalue weighted by atomic mass is 9.86. The molecule has 0 N–H and O–H groups in total. The summed E-state index contributed by atoms with van der Waals surface area (Å²) in [7, 11) is 0. The molecule has 2 unspecified atom stereocenters. The van der Waals surface area contributed by atoms with Gasteiger partial charge in [0.05, 0.1) is 12.0 Å². The summed E-state index contributed by atoms with van der Waals surface area (Å²) >= 11 is 0. The molecule has 1 fully saturated rings. The van der Waals surface area contributed by atoms with Crippen molar-refractivity contribution in [2.75, 3.05) is 0 Å². The highest BCUT2D eigenvalue weighted by Gasteiger charge is 2.62. The molecule has 1 aliphatic rings. The van der Waals surface area contributed by atoms with Crippen molar-refractivity contribution in [2.45, 2.75) is 34.6 Å². The van der Waals surface area contributed by atoms with E-state index in [1.165, 1.54) is 0 Å². The Morgan fingerprint density at radius 3 is 1.82 bits per heavy atom. The average molecular weight is 151 g/mol. The molecule has 0 radical (unpaired) electrons. The Hall–Kier alpha value is -0.510. The van der Waals surface area contributed by atoms with Crippen molar-refractivity contribution in [3.05, 3.63) is 0 Å². The number of hydrogen-bond acceptors (Lipinski definition) is 1. The standard InChI is InChI=1S/C10H17N/c1-9(2,3)8-7(6-11)10(8,4)5/h7-8H,1-5H3.